The highest BCUT2D eigenvalue weighted by molar-refractivity contribution is 14.0. The fraction of sp³-hybridized carbons (Fsp3) is 0.688. The molecule has 0 aliphatic carbocycles. The highest BCUT2D eigenvalue weighted by Crippen LogP contribution is 2.25. The summed E-state index contributed by atoms with van der Waals surface area (Å²) in [4.78, 5) is 6.44. The Morgan fingerprint density at radius 1 is 1.52 bits per heavy atom. The van der Waals surface area contributed by atoms with Gasteiger partial charge in [-0.05, 0) is 39.8 Å². The highest BCUT2D eigenvalue weighted by Gasteiger charge is 2.41. The van der Waals surface area contributed by atoms with Crippen LogP contribution in [-0.2, 0) is 15.4 Å². The molecule has 2 rings (SSSR count). The number of furan rings is 1. The maximum Gasteiger partial charge on any atom is 0.194 e. The van der Waals surface area contributed by atoms with Crippen molar-refractivity contribution in [3.8, 4) is 0 Å². The molecule has 1 saturated heterocycles. The van der Waals surface area contributed by atoms with Crippen molar-refractivity contribution in [2.75, 3.05) is 31.9 Å². The van der Waals surface area contributed by atoms with Crippen LogP contribution in [0.1, 0.15) is 33.5 Å². The van der Waals surface area contributed by atoms with Gasteiger partial charge in [-0.15, -0.1) is 24.0 Å². The largest absolute Gasteiger partial charge is 0.466 e. The van der Waals surface area contributed by atoms with Crippen molar-refractivity contribution < 1.29 is 17.9 Å². The molecule has 0 spiro atoms. The lowest BCUT2D eigenvalue weighted by molar-refractivity contribution is 0.0434. The number of nitrogens with one attached hydrogen (secondary N) is 1. The second-order valence-electron chi connectivity index (χ2n) is 6.92. The van der Waals surface area contributed by atoms with Gasteiger partial charge in [0.25, 0.3) is 0 Å². The van der Waals surface area contributed by atoms with E-state index < -0.39 is 20.2 Å². The lowest BCUT2D eigenvalue weighted by atomic mass is 10.0. The van der Waals surface area contributed by atoms with Gasteiger partial charge >= 0.3 is 0 Å². The van der Waals surface area contributed by atoms with Crippen LogP contribution in [-0.4, -0.2) is 61.1 Å². The van der Waals surface area contributed by atoms with Crippen LogP contribution in [0.2, 0.25) is 0 Å². The first-order valence-corrected chi connectivity index (χ1v) is 9.76. The van der Waals surface area contributed by atoms with Gasteiger partial charge in [0.15, 0.2) is 15.8 Å². The Kier molecular flexibility index (Phi) is 7.34. The smallest absolute Gasteiger partial charge is 0.194 e. The molecule has 1 fully saturated rings. The summed E-state index contributed by atoms with van der Waals surface area (Å²) in [6, 6.07) is 3.43. The third-order valence-corrected chi connectivity index (χ3v) is 6.80. The van der Waals surface area contributed by atoms with Crippen LogP contribution >= 0.6 is 24.0 Å². The second-order valence-corrected chi connectivity index (χ2v) is 9.66. The lowest BCUT2D eigenvalue weighted by Crippen LogP contribution is -2.57. The summed E-state index contributed by atoms with van der Waals surface area (Å²) >= 11 is 0. The molecule has 7 nitrogen and oxygen atoms in total. The Bertz CT molecular complexity index is 684. The first-order chi connectivity index (χ1) is 11.1. The van der Waals surface area contributed by atoms with Gasteiger partial charge in [0.05, 0.1) is 23.3 Å². The predicted molar refractivity (Wildman–Crippen MR) is 109 cm³/mol. The van der Waals surface area contributed by atoms with E-state index in [1.807, 2.05) is 11.8 Å². The quantitative estimate of drug-likeness (QED) is 0.382. The number of guanidine groups is 1. The van der Waals surface area contributed by atoms with Crippen LogP contribution < -0.4 is 5.32 Å². The normalized spacial score (nSPS) is 22.0. The molecule has 0 amide bonds. The average molecular weight is 485 g/mol. The highest BCUT2D eigenvalue weighted by atomic mass is 127. The Morgan fingerprint density at radius 3 is 2.72 bits per heavy atom. The van der Waals surface area contributed by atoms with Gasteiger partial charge in [0.1, 0.15) is 11.4 Å². The van der Waals surface area contributed by atoms with Crippen LogP contribution in [0.25, 0.3) is 0 Å². The van der Waals surface area contributed by atoms with E-state index in [1.165, 1.54) is 6.26 Å². The zero-order valence-corrected chi connectivity index (χ0v) is 18.3. The van der Waals surface area contributed by atoms with Crippen molar-refractivity contribution in [1.29, 1.82) is 0 Å². The molecule has 25 heavy (non-hydrogen) atoms. The van der Waals surface area contributed by atoms with E-state index in [1.54, 1.807) is 32.9 Å². The SMILES string of the molecule is CCNC(=NCC(C)(O)c1ccco1)N1CCS(=O)(=O)C(C)(C)C1.I. The molecule has 0 aromatic carbocycles. The monoisotopic (exact) mass is 485 g/mol. The standard InChI is InChI=1S/C16H27N3O4S.HI/c1-5-17-14(18-11-16(4,20)13-7-6-9-23-13)19-8-10-24(21,22)15(2,3)12-19;/h6-7,9,20H,5,8,10-12H2,1-4H3,(H,17,18);1H. The summed E-state index contributed by atoms with van der Waals surface area (Å²) in [6.07, 6.45) is 1.51. The Balaban J connectivity index is 0.00000312. The van der Waals surface area contributed by atoms with E-state index in [4.69, 9.17) is 4.42 Å². The van der Waals surface area contributed by atoms with Crippen molar-refractivity contribution >= 4 is 39.8 Å². The van der Waals surface area contributed by atoms with Crippen molar-refractivity contribution in [3.63, 3.8) is 0 Å². The topological polar surface area (TPSA) is 95.1 Å². The van der Waals surface area contributed by atoms with Gasteiger partial charge < -0.3 is 19.7 Å². The molecule has 0 bridgehead atoms. The number of nitrogens with zero attached hydrogens (tertiary/aromatic N) is 2. The molecular formula is C16H28IN3O4S. The molecule has 0 saturated carbocycles. The zero-order chi connectivity index (χ0) is 18.0. The van der Waals surface area contributed by atoms with Gasteiger partial charge in [-0.25, -0.2) is 13.4 Å². The first kappa shape index (κ1) is 22.2. The Labute approximate surface area is 166 Å². The fourth-order valence-corrected chi connectivity index (χ4v) is 4.01. The van der Waals surface area contributed by atoms with Crippen molar-refractivity contribution in [2.24, 2.45) is 4.99 Å². The van der Waals surface area contributed by atoms with Crippen LogP contribution in [0.5, 0.6) is 0 Å². The molecule has 1 aliphatic rings. The molecular weight excluding hydrogens is 457 g/mol. The summed E-state index contributed by atoms with van der Waals surface area (Å²) in [6.45, 7) is 8.59. The molecule has 1 aromatic rings. The molecule has 2 heterocycles. The van der Waals surface area contributed by atoms with Crippen LogP contribution in [0.3, 0.4) is 0 Å². The van der Waals surface area contributed by atoms with Crippen molar-refractivity contribution in [3.05, 3.63) is 24.2 Å². The molecule has 1 unspecified atom stereocenters. The fourth-order valence-electron chi connectivity index (χ4n) is 2.64. The molecule has 2 N–H and O–H groups in total. The lowest BCUT2D eigenvalue weighted by Gasteiger charge is -2.39. The van der Waals surface area contributed by atoms with E-state index in [-0.39, 0.29) is 36.3 Å². The van der Waals surface area contributed by atoms with E-state index in [9.17, 15) is 13.5 Å². The Morgan fingerprint density at radius 2 is 2.20 bits per heavy atom. The molecule has 1 atom stereocenters. The van der Waals surface area contributed by atoms with E-state index >= 15 is 0 Å². The minimum absolute atomic E-state index is 0. The third-order valence-electron chi connectivity index (χ3n) is 4.27. The van der Waals surface area contributed by atoms with Gasteiger partial charge in [-0.1, -0.05) is 0 Å². The van der Waals surface area contributed by atoms with E-state index in [2.05, 4.69) is 10.3 Å². The molecule has 1 aromatic heterocycles. The van der Waals surface area contributed by atoms with E-state index in [0.717, 1.165) is 0 Å². The predicted octanol–water partition coefficient (Wildman–Crippen LogP) is 1.58. The van der Waals surface area contributed by atoms with Gasteiger partial charge in [-0.2, -0.15) is 0 Å². The molecule has 0 radical (unpaired) electrons. The number of aliphatic hydroxyl groups is 1. The first-order valence-electron chi connectivity index (χ1n) is 8.11. The third kappa shape index (κ3) is 5.10. The minimum Gasteiger partial charge on any atom is -0.466 e. The van der Waals surface area contributed by atoms with Gasteiger partial charge in [-0.3, -0.25) is 0 Å². The molecule has 9 heteroatoms. The number of hydrogen-bond acceptors (Lipinski definition) is 5. The summed E-state index contributed by atoms with van der Waals surface area (Å²) in [7, 11) is -3.11. The number of rotatable bonds is 4. The number of halogens is 1. The van der Waals surface area contributed by atoms with Crippen molar-refractivity contribution in [2.45, 2.75) is 38.0 Å². The summed E-state index contributed by atoms with van der Waals surface area (Å²) in [5.74, 6) is 1.15. The number of sulfone groups is 1. The summed E-state index contributed by atoms with van der Waals surface area (Å²) in [5.41, 5.74) is -1.22. The summed E-state index contributed by atoms with van der Waals surface area (Å²) in [5, 5.41) is 13.7. The van der Waals surface area contributed by atoms with Gasteiger partial charge in [0, 0.05) is 19.6 Å². The average Bonchev–Trinajstić information content (AvgIpc) is 3.01. The Hall–Kier alpha value is -0.810. The van der Waals surface area contributed by atoms with Crippen molar-refractivity contribution in [1.82, 2.24) is 10.2 Å². The maximum atomic E-state index is 12.2. The number of aliphatic imine (C=N–C) groups is 1. The van der Waals surface area contributed by atoms with E-state index in [0.29, 0.717) is 31.4 Å². The van der Waals surface area contributed by atoms with Crippen LogP contribution in [0.15, 0.2) is 27.8 Å². The zero-order valence-electron chi connectivity index (χ0n) is 15.2. The molecule has 1 aliphatic heterocycles. The molecule has 144 valence electrons. The summed E-state index contributed by atoms with van der Waals surface area (Å²) < 4.78 is 28.8. The van der Waals surface area contributed by atoms with Crippen LogP contribution in [0, 0.1) is 0 Å². The minimum atomic E-state index is -3.11. The second kappa shape index (κ2) is 8.26. The maximum absolute atomic E-state index is 12.2. The number of hydrogen-bond donors (Lipinski definition) is 2. The van der Waals surface area contributed by atoms with Gasteiger partial charge in [0.2, 0.25) is 0 Å². The van der Waals surface area contributed by atoms with Crippen LogP contribution in [0.4, 0.5) is 0 Å².